The molecule has 1 aromatic heterocycles. The number of amides is 2. The van der Waals surface area contributed by atoms with Gasteiger partial charge in [0.15, 0.2) is 0 Å². The molecule has 1 aromatic rings. The van der Waals surface area contributed by atoms with Crippen LogP contribution >= 0.6 is 11.9 Å². The molecule has 18 heavy (non-hydrogen) atoms. The Bertz CT molecular complexity index is 421. The fourth-order valence-electron chi connectivity index (χ4n) is 1.89. The van der Waals surface area contributed by atoms with E-state index in [1.54, 1.807) is 12.3 Å². The normalized spacial score (nSPS) is 18.9. The first-order valence-corrected chi connectivity index (χ1v) is 6.60. The number of nitrogens with one attached hydrogen (secondary N) is 1. The lowest BCUT2D eigenvalue weighted by molar-refractivity contribution is -0.141. The van der Waals surface area contributed by atoms with Gasteiger partial charge in [-0.15, -0.1) is 0 Å². The van der Waals surface area contributed by atoms with Crippen LogP contribution in [-0.4, -0.2) is 34.6 Å². The lowest BCUT2D eigenvalue weighted by Gasteiger charge is -2.21. The number of nitrogens with zero attached hydrogens (tertiary/aromatic N) is 1. The zero-order valence-corrected chi connectivity index (χ0v) is 10.5. The van der Waals surface area contributed by atoms with Crippen LogP contribution in [0.1, 0.15) is 18.6 Å². The Labute approximate surface area is 108 Å². The maximum atomic E-state index is 11.8. The van der Waals surface area contributed by atoms with E-state index in [1.165, 1.54) is 16.8 Å². The standard InChI is InChI=1S/C11H14N2O4S/c14-10(15)9-4-1-5-13(9)11(16)12-18-7-8-3-2-6-17-8/h2-3,6,9H,1,4-5,7H2,(H,12,16)(H,14,15)/t9-/m0/s1. The minimum absolute atomic E-state index is 0.351. The highest BCUT2D eigenvalue weighted by Crippen LogP contribution is 2.18. The summed E-state index contributed by atoms with van der Waals surface area (Å²) in [5.74, 6) is 0.333. The van der Waals surface area contributed by atoms with Gasteiger partial charge in [-0.3, -0.25) is 4.72 Å². The van der Waals surface area contributed by atoms with Crippen LogP contribution in [0.15, 0.2) is 22.8 Å². The number of hydrogen-bond donors (Lipinski definition) is 2. The molecule has 0 bridgehead atoms. The highest BCUT2D eigenvalue weighted by Gasteiger charge is 2.33. The van der Waals surface area contributed by atoms with E-state index in [0.29, 0.717) is 18.7 Å². The fourth-order valence-corrected chi connectivity index (χ4v) is 2.51. The molecule has 2 amide bonds. The molecule has 2 heterocycles. The van der Waals surface area contributed by atoms with Crippen molar-refractivity contribution >= 4 is 23.9 Å². The molecule has 6 nitrogen and oxygen atoms in total. The summed E-state index contributed by atoms with van der Waals surface area (Å²) in [6.07, 6.45) is 2.82. The van der Waals surface area contributed by atoms with Crippen LogP contribution in [0, 0.1) is 0 Å². The third-order valence-electron chi connectivity index (χ3n) is 2.75. The molecule has 0 saturated carbocycles. The van der Waals surface area contributed by atoms with Gasteiger partial charge in [0.1, 0.15) is 11.8 Å². The molecule has 1 aliphatic rings. The van der Waals surface area contributed by atoms with Gasteiger partial charge in [0.2, 0.25) is 0 Å². The Morgan fingerprint density at radius 2 is 2.44 bits per heavy atom. The Hall–Kier alpha value is -1.63. The van der Waals surface area contributed by atoms with Crippen LogP contribution in [0.25, 0.3) is 0 Å². The first kappa shape index (κ1) is 12.8. The predicted octanol–water partition coefficient (Wildman–Crippen LogP) is 1.69. The van der Waals surface area contributed by atoms with Crippen molar-refractivity contribution in [1.29, 1.82) is 0 Å². The van der Waals surface area contributed by atoms with Gasteiger partial charge in [-0.2, -0.15) is 0 Å². The van der Waals surface area contributed by atoms with Crippen molar-refractivity contribution in [2.75, 3.05) is 6.54 Å². The van der Waals surface area contributed by atoms with Gasteiger partial charge in [-0.1, -0.05) is 0 Å². The van der Waals surface area contributed by atoms with Crippen LogP contribution in [0.3, 0.4) is 0 Å². The van der Waals surface area contributed by atoms with Gasteiger partial charge < -0.3 is 14.4 Å². The molecule has 1 saturated heterocycles. The monoisotopic (exact) mass is 270 g/mol. The highest BCUT2D eigenvalue weighted by molar-refractivity contribution is 7.97. The summed E-state index contributed by atoms with van der Waals surface area (Å²) in [6, 6.07) is 2.54. The number of rotatable bonds is 4. The molecule has 0 unspecified atom stereocenters. The number of likely N-dealkylation sites (tertiary alicyclic amines) is 1. The summed E-state index contributed by atoms with van der Waals surface area (Å²) >= 11 is 1.19. The van der Waals surface area contributed by atoms with Gasteiger partial charge in [-0.05, 0) is 36.9 Å². The van der Waals surface area contributed by atoms with Crippen LogP contribution < -0.4 is 4.72 Å². The smallest absolute Gasteiger partial charge is 0.328 e. The largest absolute Gasteiger partial charge is 0.480 e. The molecule has 0 aliphatic carbocycles. The number of urea groups is 1. The third kappa shape index (κ3) is 2.98. The van der Waals surface area contributed by atoms with Gasteiger partial charge in [-0.25, -0.2) is 9.59 Å². The molecule has 0 spiro atoms. The second-order valence-corrected chi connectivity index (χ2v) is 4.75. The number of aliphatic carboxylic acids is 1. The van der Waals surface area contributed by atoms with E-state index in [1.807, 2.05) is 6.07 Å². The van der Waals surface area contributed by atoms with Crippen molar-refractivity contribution in [2.45, 2.75) is 24.6 Å². The zero-order chi connectivity index (χ0) is 13.0. The van der Waals surface area contributed by atoms with E-state index in [9.17, 15) is 9.59 Å². The number of furan rings is 1. The number of carbonyl (C=O) groups excluding carboxylic acids is 1. The van der Waals surface area contributed by atoms with Crippen molar-refractivity contribution < 1.29 is 19.1 Å². The predicted molar refractivity (Wildman–Crippen MR) is 65.9 cm³/mol. The number of carbonyl (C=O) groups is 2. The molecule has 0 aromatic carbocycles. The molecule has 1 atom stereocenters. The van der Waals surface area contributed by atoms with Gasteiger partial charge in [0, 0.05) is 6.54 Å². The third-order valence-corrected chi connectivity index (χ3v) is 3.50. The van der Waals surface area contributed by atoms with Crippen molar-refractivity contribution in [3.05, 3.63) is 24.2 Å². The fraction of sp³-hybridized carbons (Fsp3) is 0.455. The molecule has 98 valence electrons. The van der Waals surface area contributed by atoms with E-state index in [4.69, 9.17) is 9.52 Å². The Morgan fingerprint density at radius 3 is 3.11 bits per heavy atom. The maximum absolute atomic E-state index is 11.8. The lowest BCUT2D eigenvalue weighted by atomic mass is 10.2. The van der Waals surface area contributed by atoms with E-state index in [0.717, 1.165) is 12.2 Å². The van der Waals surface area contributed by atoms with E-state index in [2.05, 4.69) is 4.72 Å². The topological polar surface area (TPSA) is 82.8 Å². The number of hydrogen-bond acceptors (Lipinski definition) is 4. The second-order valence-electron chi connectivity index (χ2n) is 3.96. The van der Waals surface area contributed by atoms with Gasteiger partial charge in [0.05, 0.1) is 12.0 Å². The van der Waals surface area contributed by atoms with Crippen LogP contribution in [-0.2, 0) is 10.5 Å². The summed E-state index contributed by atoms with van der Waals surface area (Å²) in [6.45, 7) is 0.490. The summed E-state index contributed by atoms with van der Waals surface area (Å²) in [4.78, 5) is 24.1. The SMILES string of the molecule is O=C(O)[C@@H]1CCCN1C(=O)NSCc1ccco1. The number of carboxylic acids is 1. The first-order valence-electron chi connectivity index (χ1n) is 5.62. The van der Waals surface area contributed by atoms with Crippen LogP contribution in [0.5, 0.6) is 0 Å². The molecule has 1 fully saturated rings. The molecular formula is C11H14N2O4S. The molecule has 2 N–H and O–H groups in total. The number of carboxylic acid groups (broad SMARTS) is 1. The Kier molecular flexibility index (Phi) is 4.14. The molecule has 7 heteroatoms. The van der Waals surface area contributed by atoms with E-state index in [-0.39, 0.29) is 6.03 Å². The Balaban J connectivity index is 1.79. The quantitative estimate of drug-likeness (QED) is 0.813. The Morgan fingerprint density at radius 1 is 1.61 bits per heavy atom. The van der Waals surface area contributed by atoms with E-state index >= 15 is 0 Å². The van der Waals surface area contributed by atoms with Gasteiger partial charge in [0.25, 0.3) is 0 Å². The molecule has 0 radical (unpaired) electrons. The summed E-state index contributed by atoms with van der Waals surface area (Å²) in [5.41, 5.74) is 0. The summed E-state index contributed by atoms with van der Waals surface area (Å²) in [7, 11) is 0. The summed E-state index contributed by atoms with van der Waals surface area (Å²) < 4.78 is 7.75. The average Bonchev–Trinajstić information content (AvgIpc) is 2.99. The first-order chi connectivity index (χ1) is 8.68. The van der Waals surface area contributed by atoms with Crippen molar-refractivity contribution in [1.82, 2.24) is 9.62 Å². The highest BCUT2D eigenvalue weighted by atomic mass is 32.2. The average molecular weight is 270 g/mol. The molecule has 1 aliphatic heterocycles. The van der Waals surface area contributed by atoms with Gasteiger partial charge >= 0.3 is 12.0 Å². The lowest BCUT2D eigenvalue weighted by Crippen LogP contribution is -2.44. The molecule has 2 rings (SSSR count). The minimum Gasteiger partial charge on any atom is -0.480 e. The maximum Gasteiger partial charge on any atom is 0.328 e. The van der Waals surface area contributed by atoms with Crippen LogP contribution in [0.4, 0.5) is 4.79 Å². The van der Waals surface area contributed by atoms with Crippen molar-refractivity contribution in [3.63, 3.8) is 0 Å². The van der Waals surface area contributed by atoms with Crippen LogP contribution in [0.2, 0.25) is 0 Å². The van der Waals surface area contributed by atoms with Crippen molar-refractivity contribution in [3.8, 4) is 0 Å². The van der Waals surface area contributed by atoms with Crippen molar-refractivity contribution in [2.24, 2.45) is 0 Å². The molecular weight excluding hydrogens is 256 g/mol. The second kappa shape index (κ2) is 5.81. The summed E-state index contributed by atoms with van der Waals surface area (Å²) in [5, 5.41) is 8.96. The minimum atomic E-state index is -0.946. The zero-order valence-electron chi connectivity index (χ0n) is 9.67. The van der Waals surface area contributed by atoms with E-state index < -0.39 is 12.0 Å².